The Kier molecular flexibility index (Phi) is 4.50. The lowest BCUT2D eigenvalue weighted by Crippen LogP contribution is -2.12. The van der Waals surface area contributed by atoms with Crippen LogP contribution in [0.15, 0.2) is 91.3 Å². The number of amides is 1. The van der Waals surface area contributed by atoms with Gasteiger partial charge in [-0.1, -0.05) is 42.5 Å². The van der Waals surface area contributed by atoms with Crippen molar-refractivity contribution in [3.8, 4) is 22.8 Å². The lowest BCUT2D eigenvalue weighted by Gasteiger charge is -2.06. The monoisotopic (exact) mass is 391 g/mol. The van der Waals surface area contributed by atoms with Crippen LogP contribution >= 0.6 is 0 Å². The Morgan fingerprint density at radius 3 is 2.20 bits per heavy atom. The molecule has 0 radical (unpaired) electrons. The predicted molar refractivity (Wildman–Crippen MR) is 117 cm³/mol. The van der Waals surface area contributed by atoms with Gasteiger partial charge in [0.05, 0.1) is 16.6 Å². The maximum Gasteiger partial charge on any atom is 0.258 e. The molecular weight excluding hydrogens is 374 g/mol. The first-order valence-electron chi connectivity index (χ1n) is 9.50. The van der Waals surface area contributed by atoms with E-state index in [1.165, 1.54) is 12.4 Å². The molecule has 0 aliphatic rings. The number of anilines is 1. The Labute approximate surface area is 172 Å². The standard InChI is InChI=1S/C24H17N5O/c30-24(18-14-25-22(26-15-18)16-6-2-1-3-7-16)27-19-12-10-17(11-13-19)23-28-20-8-4-5-9-21(20)29-23/h1-15H,(H,27,30)(H,28,29). The zero-order chi connectivity index (χ0) is 20.3. The van der Waals surface area contributed by atoms with E-state index in [0.29, 0.717) is 17.1 Å². The molecule has 3 aromatic carbocycles. The normalized spacial score (nSPS) is 10.8. The molecule has 2 aromatic heterocycles. The summed E-state index contributed by atoms with van der Waals surface area (Å²) in [6.45, 7) is 0. The van der Waals surface area contributed by atoms with E-state index < -0.39 is 0 Å². The largest absolute Gasteiger partial charge is 0.338 e. The van der Waals surface area contributed by atoms with Crippen LogP contribution in [0.25, 0.3) is 33.8 Å². The summed E-state index contributed by atoms with van der Waals surface area (Å²) < 4.78 is 0. The number of H-pyrrole nitrogens is 1. The molecule has 6 heteroatoms. The lowest BCUT2D eigenvalue weighted by atomic mass is 10.2. The van der Waals surface area contributed by atoms with Crippen LogP contribution in [-0.4, -0.2) is 25.8 Å². The number of aromatic nitrogens is 4. The third-order valence-corrected chi connectivity index (χ3v) is 4.75. The van der Waals surface area contributed by atoms with E-state index in [4.69, 9.17) is 0 Å². The fourth-order valence-electron chi connectivity index (χ4n) is 3.19. The van der Waals surface area contributed by atoms with Crippen molar-refractivity contribution >= 4 is 22.6 Å². The van der Waals surface area contributed by atoms with Gasteiger partial charge in [0, 0.05) is 29.2 Å². The number of carbonyl (C=O) groups excluding carboxylic acids is 1. The van der Waals surface area contributed by atoms with Gasteiger partial charge in [-0.3, -0.25) is 4.79 Å². The molecule has 0 bridgehead atoms. The number of fused-ring (bicyclic) bond motifs is 1. The Morgan fingerprint density at radius 2 is 1.47 bits per heavy atom. The van der Waals surface area contributed by atoms with E-state index in [-0.39, 0.29) is 5.91 Å². The molecule has 0 atom stereocenters. The maximum atomic E-state index is 12.5. The highest BCUT2D eigenvalue weighted by Crippen LogP contribution is 2.22. The maximum absolute atomic E-state index is 12.5. The van der Waals surface area contributed by atoms with Gasteiger partial charge >= 0.3 is 0 Å². The summed E-state index contributed by atoms with van der Waals surface area (Å²) in [5, 5.41) is 2.87. The summed E-state index contributed by atoms with van der Waals surface area (Å²) in [6.07, 6.45) is 3.07. The molecule has 5 aromatic rings. The Hall–Kier alpha value is -4.32. The number of benzene rings is 3. The first kappa shape index (κ1) is 17.8. The molecular formula is C24H17N5O. The van der Waals surface area contributed by atoms with Crippen LogP contribution in [0.1, 0.15) is 10.4 Å². The molecule has 5 rings (SSSR count). The molecule has 144 valence electrons. The van der Waals surface area contributed by atoms with Crippen molar-refractivity contribution in [2.45, 2.75) is 0 Å². The molecule has 0 saturated heterocycles. The summed E-state index contributed by atoms with van der Waals surface area (Å²) >= 11 is 0. The number of nitrogens with one attached hydrogen (secondary N) is 2. The number of rotatable bonds is 4. The predicted octanol–water partition coefficient (Wildman–Crippen LogP) is 4.94. The van der Waals surface area contributed by atoms with Crippen molar-refractivity contribution in [1.82, 2.24) is 19.9 Å². The fraction of sp³-hybridized carbons (Fsp3) is 0. The first-order chi connectivity index (χ1) is 14.8. The second-order valence-electron chi connectivity index (χ2n) is 6.80. The van der Waals surface area contributed by atoms with Gasteiger partial charge in [0.25, 0.3) is 5.91 Å². The molecule has 0 unspecified atom stereocenters. The summed E-state index contributed by atoms with van der Waals surface area (Å²) in [7, 11) is 0. The number of hydrogen-bond acceptors (Lipinski definition) is 4. The third-order valence-electron chi connectivity index (χ3n) is 4.75. The summed E-state index contributed by atoms with van der Waals surface area (Å²) in [5.41, 5.74) is 4.85. The molecule has 0 fully saturated rings. The van der Waals surface area contributed by atoms with E-state index >= 15 is 0 Å². The van der Waals surface area contributed by atoms with E-state index in [1.54, 1.807) is 0 Å². The topological polar surface area (TPSA) is 83.6 Å². The van der Waals surface area contributed by atoms with Gasteiger partial charge in [-0.15, -0.1) is 0 Å². The molecule has 0 saturated carbocycles. The minimum atomic E-state index is -0.258. The Bertz CT molecular complexity index is 1280. The average molecular weight is 391 g/mol. The molecule has 6 nitrogen and oxygen atoms in total. The van der Waals surface area contributed by atoms with Gasteiger partial charge in [-0.2, -0.15) is 0 Å². The molecule has 0 aliphatic carbocycles. The Morgan fingerprint density at radius 1 is 0.767 bits per heavy atom. The van der Waals surface area contributed by atoms with Crippen molar-refractivity contribution < 1.29 is 4.79 Å². The summed E-state index contributed by atoms with van der Waals surface area (Å²) in [4.78, 5) is 29.0. The SMILES string of the molecule is O=C(Nc1ccc(-c2nc3ccccc3[nH]2)cc1)c1cnc(-c2ccccc2)nc1. The van der Waals surface area contributed by atoms with Gasteiger partial charge in [0.15, 0.2) is 5.82 Å². The number of imidazole rings is 1. The summed E-state index contributed by atoms with van der Waals surface area (Å²) in [6, 6.07) is 25.1. The molecule has 0 spiro atoms. The number of para-hydroxylation sites is 2. The van der Waals surface area contributed by atoms with Crippen LogP contribution in [0.4, 0.5) is 5.69 Å². The second kappa shape index (κ2) is 7.60. The third kappa shape index (κ3) is 3.54. The number of hydrogen-bond donors (Lipinski definition) is 2. The highest BCUT2D eigenvalue weighted by molar-refractivity contribution is 6.04. The lowest BCUT2D eigenvalue weighted by molar-refractivity contribution is 0.102. The van der Waals surface area contributed by atoms with Crippen molar-refractivity contribution in [2.24, 2.45) is 0 Å². The van der Waals surface area contributed by atoms with Crippen molar-refractivity contribution in [2.75, 3.05) is 5.32 Å². The minimum Gasteiger partial charge on any atom is -0.338 e. The van der Waals surface area contributed by atoms with Crippen LogP contribution in [0.5, 0.6) is 0 Å². The highest BCUT2D eigenvalue weighted by atomic mass is 16.1. The van der Waals surface area contributed by atoms with E-state index in [1.807, 2.05) is 78.9 Å². The first-order valence-corrected chi connectivity index (χ1v) is 9.50. The van der Waals surface area contributed by atoms with Gasteiger partial charge < -0.3 is 10.3 Å². The highest BCUT2D eigenvalue weighted by Gasteiger charge is 2.10. The second-order valence-corrected chi connectivity index (χ2v) is 6.80. The van der Waals surface area contributed by atoms with Crippen molar-refractivity contribution in [3.63, 3.8) is 0 Å². The zero-order valence-electron chi connectivity index (χ0n) is 15.9. The smallest absolute Gasteiger partial charge is 0.258 e. The minimum absolute atomic E-state index is 0.258. The van der Waals surface area contributed by atoms with E-state index in [0.717, 1.165) is 28.0 Å². The quantitative estimate of drug-likeness (QED) is 0.455. The van der Waals surface area contributed by atoms with Crippen LogP contribution in [0.2, 0.25) is 0 Å². The molecule has 2 N–H and O–H groups in total. The zero-order valence-corrected chi connectivity index (χ0v) is 15.9. The van der Waals surface area contributed by atoms with Gasteiger partial charge in [0.1, 0.15) is 5.82 Å². The number of aromatic amines is 1. The van der Waals surface area contributed by atoms with E-state index in [2.05, 4.69) is 25.3 Å². The molecule has 2 heterocycles. The van der Waals surface area contributed by atoms with Crippen LogP contribution < -0.4 is 5.32 Å². The van der Waals surface area contributed by atoms with Gasteiger partial charge in [-0.25, -0.2) is 15.0 Å². The van der Waals surface area contributed by atoms with Crippen LogP contribution in [0.3, 0.4) is 0 Å². The summed E-state index contributed by atoms with van der Waals surface area (Å²) in [5.74, 6) is 1.12. The number of carbonyl (C=O) groups is 1. The van der Waals surface area contributed by atoms with E-state index in [9.17, 15) is 4.79 Å². The molecule has 1 amide bonds. The van der Waals surface area contributed by atoms with Crippen molar-refractivity contribution in [1.29, 1.82) is 0 Å². The average Bonchev–Trinajstić information content (AvgIpc) is 3.25. The number of nitrogens with zero attached hydrogens (tertiary/aromatic N) is 3. The Balaban J connectivity index is 1.30. The van der Waals surface area contributed by atoms with Gasteiger partial charge in [-0.05, 0) is 36.4 Å². The van der Waals surface area contributed by atoms with Crippen LogP contribution in [0, 0.1) is 0 Å². The van der Waals surface area contributed by atoms with Crippen LogP contribution in [-0.2, 0) is 0 Å². The molecule has 0 aliphatic heterocycles. The van der Waals surface area contributed by atoms with Gasteiger partial charge in [0.2, 0.25) is 0 Å². The fourth-order valence-corrected chi connectivity index (χ4v) is 3.19. The molecule has 30 heavy (non-hydrogen) atoms. The van der Waals surface area contributed by atoms with Crippen molar-refractivity contribution in [3.05, 3.63) is 96.8 Å².